The number of carbonyl (C=O) groups is 1. The lowest BCUT2D eigenvalue weighted by molar-refractivity contribution is 0.0534. The molecule has 0 atom stereocenters. The van der Waals surface area contributed by atoms with Gasteiger partial charge in [0, 0.05) is 10.9 Å². The summed E-state index contributed by atoms with van der Waals surface area (Å²) >= 11 is 0. The quantitative estimate of drug-likeness (QED) is 0.531. The van der Waals surface area contributed by atoms with E-state index in [4.69, 9.17) is 4.74 Å². The highest BCUT2D eigenvalue weighted by Gasteiger charge is 2.29. The Labute approximate surface area is 146 Å². The van der Waals surface area contributed by atoms with Gasteiger partial charge >= 0.3 is 5.97 Å². The summed E-state index contributed by atoms with van der Waals surface area (Å²) in [7, 11) is 0. The molecule has 1 N–H and O–H groups in total. The second kappa shape index (κ2) is 5.78. The first-order valence-corrected chi connectivity index (χ1v) is 8.25. The van der Waals surface area contributed by atoms with Gasteiger partial charge in [-0.2, -0.15) is 0 Å². The average Bonchev–Trinajstić information content (AvgIpc) is 3.00. The molecule has 0 unspecified atom stereocenters. The maximum absolute atomic E-state index is 12.3. The van der Waals surface area contributed by atoms with Gasteiger partial charge in [0.2, 0.25) is 0 Å². The van der Waals surface area contributed by atoms with Crippen LogP contribution in [0.1, 0.15) is 38.2 Å². The molecule has 3 aromatic carbocycles. The lowest BCUT2D eigenvalue weighted by atomic mass is 9.91. The third-order valence-electron chi connectivity index (χ3n) is 4.83. The minimum absolute atomic E-state index is 0.120. The van der Waals surface area contributed by atoms with E-state index >= 15 is 0 Å². The summed E-state index contributed by atoms with van der Waals surface area (Å²) in [6, 6.07) is 13.9. The molecule has 25 heavy (non-hydrogen) atoms. The third-order valence-corrected chi connectivity index (χ3v) is 4.83. The van der Waals surface area contributed by atoms with Crippen molar-refractivity contribution in [3.05, 3.63) is 75.8 Å². The minimum atomic E-state index is -0.377. The SMILES string of the molecule is Cc1cc2c(O)c3c(c(/C=C/c4ccccc4)c2cc1C)C(=O)OC3. The van der Waals surface area contributed by atoms with Crippen molar-refractivity contribution in [3.8, 4) is 5.75 Å². The molecule has 0 aliphatic carbocycles. The summed E-state index contributed by atoms with van der Waals surface area (Å²) in [5, 5.41) is 12.3. The van der Waals surface area contributed by atoms with Crippen LogP contribution in [0.25, 0.3) is 22.9 Å². The number of hydrogen-bond donors (Lipinski definition) is 1. The summed E-state index contributed by atoms with van der Waals surface area (Å²) in [5.41, 5.74) is 5.12. The highest BCUT2D eigenvalue weighted by atomic mass is 16.5. The fourth-order valence-corrected chi connectivity index (χ4v) is 3.31. The molecule has 0 aromatic heterocycles. The van der Waals surface area contributed by atoms with Crippen molar-refractivity contribution in [1.82, 2.24) is 0 Å². The number of phenolic OH excluding ortho intramolecular Hbond substituents is 1. The van der Waals surface area contributed by atoms with E-state index in [1.165, 1.54) is 0 Å². The van der Waals surface area contributed by atoms with Crippen LogP contribution in [0.5, 0.6) is 5.75 Å². The topological polar surface area (TPSA) is 46.5 Å². The first-order chi connectivity index (χ1) is 12.1. The second-order valence-electron chi connectivity index (χ2n) is 6.42. The lowest BCUT2D eigenvalue weighted by Gasteiger charge is -2.13. The van der Waals surface area contributed by atoms with Crippen molar-refractivity contribution in [2.75, 3.05) is 0 Å². The molecule has 0 fully saturated rings. The van der Waals surface area contributed by atoms with E-state index in [2.05, 4.69) is 0 Å². The average molecular weight is 330 g/mol. The number of cyclic esters (lactones) is 1. The maximum atomic E-state index is 12.3. The number of benzene rings is 3. The van der Waals surface area contributed by atoms with E-state index in [-0.39, 0.29) is 18.3 Å². The number of ether oxygens (including phenoxy) is 1. The highest BCUT2D eigenvalue weighted by molar-refractivity contribution is 6.09. The molecule has 0 saturated carbocycles. The van der Waals surface area contributed by atoms with Gasteiger partial charge in [0.25, 0.3) is 0 Å². The number of esters is 1. The predicted molar refractivity (Wildman–Crippen MR) is 99.6 cm³/mol. The smallest absolute Gasteiger partial charge is 0.339 e. The number of carbonyl (C=O) groups excluding carboxylic acids is 1. The molecule has 0 radical (unpaired) electrons. The molecule has 0 amide bonds. The first-order valence-electron chi connectivity index (χ1n) is 8.25. The Kier molecular flexibility index (Phi) is 3.57. The van der Waals surface area contributed by atoms with Crippen molar-refractivity contribution in [3.63, 3.8) is 0 Å². The molecular formula is C22H18O3. The van der Waals surface area contributed by atoms with Crippen LogP contribution in [0, 0.1) is 13.8 Å². The zero-order chi connectivity index (χ0) is 17.6. The molecule has 1 aliphatic heterocycles. The van der Waals surface area contributed by atoms with Gasteiger partial charge in [-0.3, -0.25) is 0 Å². The van der Waals surface area contributed by atoms with E-state index < -0.39 is 0 Å². The van der Waals surface area contributed by atoms with Crippen LogP contribution >= 0.6 is 0 Å². The van der Waals surface area contributed by atoms with Gasteiger partial charge in [-0.15, -0.1) is 0 Å². The number of aromatic hydroxyl groups is 1. The Morgan fingerprint density at radius 2 is 1.68 bits per heavy atom. The summed E-state index contributed by atoms with van der Waals surface area (Å²) in [6.45, 7) is 4.17. The van der Waals surface area contributed by atoms with Crippen LogP contribution in [0.15, 0.2) is 42.5 Å². The summed E-state index contributed by atoms with van der Waals surface area (Å²) in [6.07, 6.45) is 3.92. The fourth-order valence-electron chi connectivity index (χ4n) is 3.31. The molecule has 1 heterocycles. The van der Waals surface area contributed by atoms with E-state index in [1.807, 2.05) is 68.5 Å². The molecule has 0 saturated heterocycles. The standard InChI is InChI=1S/C22H18O3/c1-13-10-17-16(9-8-15-6-4-3-5-7-15)20-19(12-25-22(20)24)21(23)18(17)11-14(13)2/h3-11,23H,12H2,1-2H3/b9-8+. The van der Waals surface area contributed by atoms with Gasteiger partial charge in [0.05, 0.1) is 5.56 Å². The molecule has 3 nitrogen and oxygen atoms in total. The van der Waals surface area contributed by atoms with Crippen molar-refractivity contribution in [2.24, 2.45) is 0 Å². The molecule has 4 rings (SSSR count). The van der Waals surface area contributed by atoms with Crippen LogP contribution in [-0.2, 0) is 11.3 Å². The molecule has 124 valence electrons. The van der Waals surface area contributed by atoms with Gasteiger partial charge in [-0.1, -0.05) is 48.6 Å². The predicted octanol–water partition coefficient (Wildman–Crippen LogP) is 5.00. The molecular weight excluding hydrogens is 312 g/mol. The molecule has 0 spiro atoms. The minimum Gasteiger partial charge on any atom is -0.507 e. The highest BCUT2D eigenvalue weighted by Crippen LogP contribution is 2.41. The van der Waals surface area contributed by atoms with E-state index in [0.717, 1.165) is 33.0 Å². The Balaban J connectivity index is 2.03. The van der Waals surface area contributed by atoms with E-state index in [9.17, 15) is 9.90 Å². The van der Waals surface area contributed by atoms with Crippen molar-refractivity contribution < 1.29 is 14.6 Å². The Hall–Kier alpha value is -3.07. The molecule has 1 aliphatic rings. The van der Waals surface area contributed by atoms with Gasteiger partial charge in [0.1, 0.15) is 12.4 Å². The second-order valence-corrected chi connectivity index (χ2v) is 6.42. The third kappa shape index (κ3) is 2.49. The normalized spacial score (nSPS) is 13.4. The Morgan fingerprint density at radius 3 is 2.40 bits per heavy atom. The maximum Gasteiger partial charge on any atom is 0.339 e. The van der Waals surface area contributed by atoms with Crippen molar-refractivity contribution >= 4 is 28.9 Å². The van der Waals surface area contributed by atoms with Crippen LogP contribution < -0.4 is 0 Å². The van der Waals surface area contributed by atoms with Gasteiger partial charge in [0.15, 0.2) is 0 Å². The van der Waals surface area contributed by atoms with Gasteiger partial charge < -0.3 is 9.84 Å². The van der Waals surface area contributed by atoms with Crippen LogP contribution in [0.4, 0.5) is 0 Å². The lowest BCUT2D eigenvalue weighted by Crippen LogP contribution is -1.99. The zero-order valence-corrected chi connectivity index (χ0v) is 14.2. The Morgan fingerprint density at radius 1 is 1.00 bits per heavy atom. The summed E-state index contributed by atoms with van der Waals surface area (Å²) < 4.78 is 5.20. The van der Waals surface area contributed by atoms with Gasteiger partial charge in [-0.05, 0) is 47.6 Å². The zero-order valence-electron chi connectivity index (χ0n) is 14.2. The molecule has 3 heteroatoms. The largest absolute Gasteiger partial charge is 0.507 e. The Bertz CT molecular complexity index is 1030. The summed E-state index contributed by atoms with van der Waals surface area (Å²) in [4.78, 5) is 12.3. The number of aryl methyl sites for hydroxylation is 2. The number of phenols is 1. The van der Waals surface area contributed by atoms with Crippen LogP contribution in [-0.4, -0.2) is 11.1 Å². The van der Waals surface area contributed by atoms with Crippen molar-refractivity contribution in [2.45, 2.75) is 20.5 Å². The summed E-state index contributed by atoms with van der Waals surface area (Å²) in [5.74, 6) is -0.228. The number of rotatable bonds is 2. The fraction of sp³-hybridized carbons (Fsp3) is 0.136. The van der Waals surface area contributed by atoms with Crippen LogP contribution in [0.2, 0.25) is 0 Å². The van der Waals surface area contributed by atoms with E-state index in [1.54, 1.807) is 0 Å². The van der Waals surface area contributed by atoms with E-state index in [0.29, 0.717) is 11.1 Å². The van der Waals surface area contributed by atoms with Crippen molar-refractivity contribution in [1.29, 1.82) is 0 Å². The monoisotopic (exact) mass is 330 g/mol. The first kappa shape index (κ1) is 15.5. The van der Waals surface area contributed by atoms with Gasteiger partial charge in [-0.25, -0.2) is 4.79 Å². The number of fused-ring (bicyclic) bond motifs is 2. The molecule has 3 aromatic rings. The van der Waals surface area contributed by atoms with Crippen LogP contribution in [0.3, 0.4) is 0 Å². The molecule has 0 bridgehead atoms. The number of hydrogen-bond acceptors (Lipinski definition) is 3.